The molecule has 0 radical (unpaired) electrons. The third-order valence-corrected chi connectivity index (χ3v) is 6.00. The Bertz CT molecular complexity index is 431. The Morgan fingerprint density at radius 2 is 1.93 bits per heavy atom. The number of hydroxylamine groups is 2. The molecule has 3 aliphatic heterocycles. The van der Waals surface area contributed by atoms with Crippen LogP contribution in [0.4, 0.5) is 0 Å². The normalized spacial score (nSPS) is 25.3. The molecule has 0 aromatic carbocycles. The summed E-state index contributed by atoms with van der Waals surface area (Å²) in [5, 5.41) is 1.94. The molecule has 1 atom stereocenters. The van der Waals surface area contributed by atoms with Gasteiger partial charge in [-0.15, -0.1) is 0 Å². The van der Waals surface area contributed by atoms with Gasteiger partial charge in [0, 0.05) is 52.9 Å². The molecule has 3 rings (SSSR count). The Kier molecular flexibility index (Phi) is 8.80. The number of amides is 1. The highest BCUT2D eigenvalue weighted by Crippen LogP contribution is 2.21. The van der Waals surface area contributed by atoms with E-state index in [-0.39, 0.29) is 12.0 Å². The van der Waals surface area contributed by atoms with Crippen molar-refractivity contribution >= 4 is 5.91 Å². The summed E-state index contributed by atoms with van der Waals surface area (Å²) in [6.07, 6.45) is 6.34. The van der Waals surface area contributed by atoms with Crippen LogP contribution in [0.1, 0.15) is 38.5 Å². The van der Waals surface area contributed by atoms with Gasteiger partial charge in [0.25, 0.3) is 0 Å². The van der Waals surface area contributed by atoms with Crippen molar-refractivity contribution in [1.82, 2.24) is 14.9 Å². The van der Waals surface area contributed by atoms with Crippen molar-refractivity contribution in [3.63, 3.8) is 0 Å². The maximum absolute atomic E-state index is 12.9. The van der Waals surface area contributed by atoms with Gasteiger partial charge in [-0.3, -0.25) is 9.63 Å². The van der Waals surface area contributed by atoms with Gasteiger partial charge in [0.15, 0.2) is 0 Å². The van der Waals surface area contributed by atoms with Crippen molar-refractivity contribution in [3.8, 4) is 0 Å². The topological polar surface area (TPSA) is 54.5 Å². The van der Waals surface area contributed by atoms with Crippen LogP contribution in [-0.4, -0.2) is 99.6 Å². The number of hydrogen-bond donors (Lipinski definition) is 0. The highest BCUT2D eigenvalue weighted by molar-refractivity contribution is 5.76. The van der Waals surface area contributed by atoms with E-state index in [9.17, 15) is 4.79 Å². The molecule has 0 aliphatic carbocycles. The summed E-state index contributed by atoms with van der Waals surface area (Å²) in [5.41, 5.74) is 0. The summed E-state index contributed by atoms with van der Waals surface area (Å²) in [6.45, 7) is 8.93. The maximum Gasteiger partial charge on any atom is 0.224 e. The summed E-state index contributed by atoms with van der Waals surface area (Å²) in [4.78, 5) is 23.0. The number of methoxy groups -OCH3 is 1. The number of likely N-dealkylation sites (tertiary alicyclic amines) is 1. The van der Waals surface area contributed by atoms with Gasteiger partial charge in [-0.1, -0.05) is 0 Å². The van der Waals surface area contributed by atoms with Crippen LogP contribution in [0.15, 0.2) is 0 Å². The quantitative estimate of drug-likeness (QED) is 0.568. The summed E-state index contributed by atoms with van der Waals surface area (Å²) in [6, 6.07) is 0. The Labute approximate surface area is 163 Å². The molecule has 27 heavy (non-hydrogen) atoms. The number of piperidine rings is 1. The number of carbonyl (C=O) groups excluding carboxylic acids is 1. The fourth-order valence-electron chi connectivity index (χ4n) is 4.29. The van der Waals surface area contributed by atoms with Crippen molar-refractivity contribution < 1.29 is 19.1 Å². The molecule has 156 valence electrons. The van der Waals surface area contributed by atoms with Crippen LogP contribution < -0.4 is 0 Å². The van der Waals surface area contributed by atoms with Gasteiger partial charge in [0.1, 0.15) is 0 Å². The molecule has 7 heteroatoms. The SMILES string of the molecule is COCCN1CCC(CN(CC2CCCO2)C(=O)CCN2CCCO2)CC1. The first kappa shape index (κ1) is 21.0. The van der Waals surface area contributed by atoms with E-state index in [1.54, 1.807) is 7.11 Å². The first-order valence-corrected chi connectivity index (χ1v) is 10.7. The maximum atomic E-state index is 12.9. The van der Waals surface area contributed by atoms with E-state index in [2.05, 4.69) is 9.80 Å². The molecular formula is C20H37N3O4. The van der Waals surface area contributed by atoms with Gasteiger partial charge in [-0.25, -0.2) is 0 Å². The van der Waals surface area contributed by atoms with E-state index >= 15 is 0 Å². The molecule has 1 unspecified atom stereocenters. The molecule has 0 aromatic rings. The Morgan fingerprint density at radius 1 is 1.07 bits per heavy atom. The second kappa shape index (κ2) is 11.3. The van der Waals surface area contributed by atoms with E-state index < -0.39 is 0 Å². The number of rotatable bonds is 10. The van der Waals surface area contributed by atoms with E-state index in [1.165, 1.54) is 0 Å². The van der Waals surface area contributed by atoms with Gasteiger partial charge < -0.3 is 19.3 Å². The first-order chi connectivity index (χ1) is 13.2. The molecule has 0 N–H and O–H groups in total. The largest absolute Gasteiger partial charge is 0.383 e. The average molecular weight is 384 g/mol. The van der Waals surface area contributed by atoms with Crippen LogP contribution in [0.25, 0.3) is 0 Å². The highest BCUT2D eigenvalue weighted by atomic mass is 16.7. The van der Waals surface area contributed by atoms with Crippen LogP contribution in [0.2, 0.25) is 0 Å². The summed E-state index contributed by atoms with van der Waals surface area (Å²) in [7, 11) is 1.76. The van der Waals surface area contributed by atoms with Crippen LogP contribution in [-0.2, 0) is 19.1 Å². The second-order valence-electron chi connectivity index (χ2n) is 8.08. The summed E-state index contributed by atoms with van der Waals surface area (Å²) < 4.78 is 11.0. The summed E-state index contributed by atoms with van der Waals surface area (Å²) in [5.74, 6) is 0.847. The number of nitrogens with zero attached hydrogens (tertiary/aromatic N) is 3. The minimum Gasteiger partial charge on any atom is -0.383 e. The average Bonchev–Trinajstić information content (AvgIpc) is 3.39. The Hall–Kier alpha value is -0.730. The van der Waals surface area contributed by atoms with Gasteiger partial charge in [0.2, 0.25) is 5.91 Å². The molecule has 3 saturated heterocycles. The van der Waals surface area contributed by atoms with Crippen LogP contribution >= 0.6 is 0 Å². The molecule has 3 fully saturated rings. The standard InChI is InChI=1S/C20H37N3O4/c1-25-15-12-21-9-5-18(6-10-21)16-22(17-19-4-2-13-26-19)20(24)7-11-23-8-3-14-27-23/h18-19H,2-17H2,1H3. The van der Waals surface area contributed by atoms with Crippen molar-refractivity contribution in [2.75, 3.05) is 72.7 Å². The van der Waals surface area contributed by atoms with Gasteiger partial charge in [0.05, 0.1) is 19.3 Å². The molecule has 3 heterocycles. The van der Waals surface area contributed by atoms with Crippen molar-refractivity contribution in [2.24, 2.45) is 5.92 Å². The molecule has 0 saturated carbocycles. The van der Waals surface area contributed by atoms with E-state index in [1.807, 2.05) is 5.06 Å². The lowest BCUT2D eigenvalue weighted by atomic mass is 9.95. The second-order valence-corrected chi connectivity index (χ2v) is 8.08. The fraction of sp³-hybridized carbons (Fsp3) is 0.950. The predicted molar refractivity (Wildman–Crippen MR) is 103 cm³/mol. The minimum absolute atomic E-state index is 0.221. The van der Waals surface area contributed by atoms with Crippen molar-refractivity contribution in [3.05, 3.63) is 0 Å². The first-order valence-electron chi connectivity index (χ1n) is 10.7. The van der Waals surface area contributed by atoms with E-state index in [4.69, 9.17) is 14.3 Å². The third kappa shape index (κ3) is 6.98. The minimum atomic E-state index is 0.221. The number of carbonyl (C=O) groups is 1. The predicted octanol–water partition coefficient (Wildman–Crippen LogP) is 1.38. The zero-order valence-corrected chi connectivity index (χ0v) is 16.9. The van der Waals surface area contributed by atoms with E-state index in [0.29, 0.717) is 18.9 Å². The Morgan fingerprint density at radius 3 is 2.59 bits per heavy atom. The zero-order valence-electron chi connectivity index (χ0n) is 16.9. The molecule has 0 spiro atoms. The number of ether oxygens (including phenoxy) is 2. The van der Waals surface area contributed by atoms with Gasteiger partial charge in [-0.05, 0) is 51.1 Å². The fourth-order valence-corrected chi connectivity index (χ4v) is 4.29. The smallest absolute Gasteiger partial charge is 0.224 e. The lowest BCUT2D eigenvalue weighted by Crippen LogP contribution is -2.44. The number of hydrogen-bond acceptors (Lipinski definition) is 6. The summed E-state index contributed by atoms with van der Waals surface area (Å²) >= 11 is 0. The zero-order chi connectivity index (χ0) is 18.9. The van der Waals surface area contributed by atoms with Crippen LogP contribution in [0.3, 0.4) is 0 Å². The third-order valence-electron chi connectivity index (χ3n) is 6.00. The van der Waals surface area contributed by atoms with Crippen molar-refractivity contribution in [2.45, 2.75) is 44.6 Å². The lowest BCUT2D eigenvalue weighted by Gasteiger charge is -2.35. The molecular weight excluding hydrogens is 346 g/mol. The molecule has 7 nitrogen and oxygen atoms in total. The van der Waals surface area contributed by atoms with Gasteiger partial charge in [-0.2, -0.15) is 5.06 Å². The molecule has 1 amide bonds. The van der Waals surface area contributed by atoms with Gasteiger partial charge >= 0.3 is 0 Å². The molecule has 3 aliphatic rings. The van der Waals surface area contributed by atoms with Crippen LogP contribution in [0.5, 0.6) is 0 Å². The van der Waals surface area contributed by atoms with Crippen molar-refractivity contribution in [1.29, 1.82) is 0 Å². The molecule has 0 bridgehead atoms. The Balaban J connectivity index is 1.46. The monoisotopic (exact) mass is 383 g/mol. The lowest BCUT2D eigenvalue weighted by molar-refractivity contribution is -0.140. The van der Waals surface area contributed by atoms with E-state index in [0.717, 1.165) is 91.2 Å². The van der Waals surface area contributed by atoms with Crippen LogP contribution in [0, 0.1) is 5.92 Å². The highest BCUT2D eigenvalue weighted by Gasteiger charge is 2.27. The molecule has 0 aromatic heterocycles.